The van der Waals surface area contributed by atoms with Gasteiger partial charge in [0.2, 0.25) is 0 Å². The van der Waals surface area contributed by atoms with Crippen LogP contribution in [0.2, 0.25) is 0 Å². The van der Waals surface area contributed by atoms with Crippen LogP contribution >= 0.6 is 0 Å². The molecule has 0 unspecified atom stereocenters. The fraction of sp³-hybridized carbons (Fsp3) is 0.471. The van der Waals surface area contributed by atoms with E-state index < -0.39 is 0 Å². The summed E-state index contributed by atoms with van der Waals surface area (Å²) in [6, 6.07) is 6.89. The largest absolute Gasteiger partial charge is 1.00 e. The van der Waals surface area contributed by atoms with Gasteiger partial charge in [0.1, 0.15) is 5.75 Å². The summed E-state index contributed by atoms with van der Waals surface area (Å²) in [5.74, 6) is 0.490. The fourth-order valence-corrected chi connectivity index (χ4v) is 1.95. The van der Waals surface area contributed by atoms with E-state index in [2.05, 4.69) is 6.92 Å². The molecule has 0 amide bonds. The van der Waals surface area contributed by atoms with Gasteiger partial charge >= 0.3 is 29.6 Å². The van der Waals surface area contributed by atoms with E-state index in [1.165, 1.54) is 32.1 Å². The Balaban J connectivity index is 0.00000400. The predicted molar refractivity (Wildman–Crippen MR) is 78.8 cm³/mol. The summed E-state index contributed by atoms with van der Waals surface area (Å²) in [4.78, 5) is 11.4. The molecule has 0 heterocycles. The topological polar surface area (TPSA) is 49.4 Å². The molecule has 0 N–H and O–H groups in total. The number of ketones is 1. The Labute approximate surface area is 149 Å². The molecule has 3 nitrogen and oxygen atoms in total. The Hall–Kier alpha value is -0.770. The zero-order valence-electron chi connectivity index (χ0n) is 13.1. The Morgan fingerprint density at radius 2 is 1.71 bits per heavy atom. The number of rotatable bonds is 10. The van der Waals surface area contributed by atoms with Crippen molar-refractivity contribution >= 4 is 5.78 Å². The van der Waals surface area contributed by atoms with Crippen molar-refractivity contribution in [2.75, 3.05) is 6.61 Å². The molecule has 1 aromatic rings. The maximum absolute atomic E-state index is 11.4. The van der Waals surface area contributed by atoms with Crippen molar-refractivity contribution < 1.29 is 44.2 Å². The summed E-state index contributed by atoms with van der Waals surface area (Å²) >= 11 is 0. The van der Waals surface area contributed by atoms with Gasteiger partial charge in [-0.15, -0.1) is 6.26 Å². The SMILES string of the molecule is CCCCCCCCOc1ccc(C(=O)/C=C/[O-])cc1.[Na+]. The number of unbranched alkanes of at least 4 members (excludes halogenated alkanes) is 5. The van der Waals surface area contributed by atoms with E-state index in [4.69, 9.17) is 4.74 Å². The molecular weight excluding hydrogens is 275 g/mol. The van der Waals surface area contributed by atoms with Crippen LogP contribution < -0.4 is 39.4 Å². The van der Waals surface area contributed by atoms with Crippen LogP contribution in [0.1, 0.15) is 55.8 Å². The second-order valence-electron chi connectivity index (χ2n) is 4.81. The minimum atomic E-state index is -0.275. The monoisotopic (exact) mass is 298 g/mol. The maximum atomic E-state index is 11.4. The predicted octanol–water partition coefficient (Wildman–Crippen LogP) is 0.487. The average Bonchev–Trinajstić information content (AvgIpc) is 2.47. The van der Waals surface area contributed by atoms with Gasteiger partial charge in [-0.1, -0.05) is 39.0 Å². The zero-order valence-corrected chi connectivity index (χ0v) is 15.1. The standard InChI is InChI=1S/C17H24O3.Na/c1-2-3-4-5-6-7-14-20-16-10-8-15(9-11-16)17(19)12-13-18;/h8-13,18H,2-7,14H2,1H3;/q;+1/p-1/b13-12+;. The van der Waals surface area contributed by atoms with Crippen LogP contribution in [-0.4, -0.2) is 12.4 Å². The second kappa shape index (κ2) is 12.9. The van der Waals surface area contributed by atoms with Gasteiger partial charge in [0.25, 0.3) is 0 Å². The zero-order chi connectivity index (χ0) is 14.6. The first-order valence-electron chi connectivity index (χ1n) is 7.33. The van der Waals surface area contributed by atoms with Crippen LogP contribution in [0.4, 0.5) is 0 Å². The molecule has 110 valence electrons. The molecule has 0 atom stereocenters. The van der Waals surface area contributed by atoms with Crippen molar-refractivity contribution in [2.24, 2.45) is 0 Å². The molecule has 0 aromatic heterocycles. The van der Waals surface area contributed by atoms with Gasteiger partial charge in [0.05, 0.1) is 6.61 Å². The third-order valence-corrected chi connectivity index (χ3v) is 3.12. The van der Waals surface area contributed by atoms with Crippen LogP contribution in [0.25, 0.3) is 0 Å². The molecule has 0 aliphatic rings. The van der Waals surface area contributed by atoms with Crippen LogP contribution in [0, 0.1) is 0 Å². The maximum Gasteiger partial charge on any atom is 1.00 e. The number of benzene rings is 1. The van der Waals surface area contributed by atoms with Gasteiger partial charge in [-0.05, 0) is 36.8 Å². The number of carbonyl (C=O) groups excluding carboxylic acids is 1. The van der Waals surface area contributed by atoms with Crippen molar-refractivity contribution in [3.63, 3.8) is 0 Å². The van der Waals surface area contributed by atoms with Crippen LogP contribution in [0.5, 0.6) is 5.75 Å². The molecule has 0 bridgehead atoms. The summed E-state index contributed by atoms with van der Waals surface area (Å²) in [7, 11) is 0. The first-order chi connectivity index (χ1) is 9.77. The van der Waals surface area contributed by atoms with Crippen LogP contribution in [-0.2, 0) is 0 Å². The molecule has 1 aromatic carbocycles. The van der Waals surface area contributed by atoms with Crippen molar-refractivity contribution in [2.45, 2.75) is 45.4 Å². The van der Waals surface area contributed by atoms with E-state index in [1.54, 1.807) is 24.3 Å². The smallest absolute Gasteiger partial charge is 0.878 e. The van der Waals surface area contributed by atoms with Gasteiger partial charge in [-0.25, -0.2) is 0 Å². The first-order valence-corrected chi connectivity index (χ1v) is 7.33. The van der Waals surface area contributed by atoms with Gasteiger partial charge < -0.3 is 9.84 Å². The van der Waals surface area contributed by atoms with E-state index in [0.29, 0.717) is 18.4 Å². The van der Waals surface area contributed by atoms with Crippen molar-refractivity contribution in [3.8, 4) is 5.75 Å². The van der Waals surface area contributed by atoms with E-state index in [0.717, 1.165) is 18.2 Å². The number of ether oxygens (including phenoxy) is 1. The Kier molecular flexibility index (Phi) is 12.5. The van der Waals surface area contributed by atoms with E-state index in [9.17, 15) is 9.90 Å². The second-order valence-corrected chi connectivity index (χ2v) is 4.81. The molecule has 0 saturated heterocycles. The number of carbonyl (C=O) groups is 1. The van der Waals surface area contributed by atoms with Crippen LogP contribution in [0.3, 0.4) is 0 Å². The number of allylic oxidation sites excluding steroid dienone is 1. The summed E-state index contributed by atoms with van der Waals surface area (Å²) in [6.45, 7) is 2.92. The molecule has 4 heteroatoms. The van der Waals surface area contributed by atoms with Crippen LogP contribution in [0.15, 0.2) is 36.6 Å². The average molecular weight is 298 g/mol. The normalized spacial score (nSPS) is 10.3. The fourth-order valence-electron chi connectivity index (χ4n) is 1.95. The third kappa shape index (κ3) is 8.97. The van der Waals surface area contributed by atoms with E-state index in [1.807, 2.05) is 0 Å². The third-order valence-electron chi connectivity index (χ3n) is 3.12. The van der Waals surface area contributed by atoms with E-state index >= 15 is 0 Å². The minimum absolute atomic E-state index is 0. The Morgan fingerprint density at radius 3 is 2.33 bits per heavy atom. The van der Waals surface area contributed by atoms with E-state index in [-0.39, 0.29) is 35.3 Å². The molecule has 0 spiro atoms. The Morgan fingerprint density at radius 1 is 1.10 bits per heavy atom. The van der Waals surface area contributed by atoms with Gasteiger partial charge in [-0.2, -0.15) is 0 Å². The molecule has 1 rings (SSSR count). The first kappa shape index (κ1) is 20.2. The summed E-state index contributed by atoms with van der Waals surface area (Å²) in [5, 5.41) is 10.2. The van der Waals surface area contributed by atoms with Gasteiger partial charge in [0, 0.05) is 5.56 Å². The quantitative estimate of drug-likeness (QED) is 0.208. The molecule has 0 saturated carbocycles. The summed E-state index contributed by atoms with van der Waals surface area (Å²) in [5.41, 5.74) is 0.504. The van der Waals surface area contributed by atoms with Crippen molar-refractivity contribution in [3.05, 3.63) is 42.2 Å². The summed E-state index contributed by atoms with van der Waals surface area (Å²) in [6.07, 6.45) is 8.94. The molecule has 21 heavy (non-hydrogen) atoms. The Bertz CT molecular complexity index is 413. The molecule has 0 aliphatic heterocycles. The summed E-state index contributed by atoms with van der Waals surface area (Å²) < 4.78 is 5.62. The molecular formula is C17H23NaO3. The van der Waals surface area contributed by atoms with Crippen molar-refractivity contribution in [1.82, 2.24) is 0 Å². The molecule has 0 fully saturated rings. The minimum Gasteiger partial charge on any atom is -0.878 e. The number of hydrogen-bond donors (Lipinski definition) is 0. The number of hydrogen-bond acceptors (Lipinski definition) is 3. The van der Waals surface area contributed by atoms with Crippen molar-refractivity contribution in [1.29, 1.82) is 0 Å². The molecule has 0 radical (unpaired) electrons. The van der Waals surface area contributed by atoms with Gasteiger partial charge in [-0.3, -0.25) is 4.79 Å². The van der Waals surface area contributed by atoms with Gasteiger partial charge in [0.15, 0.2) is 5.78 Å². The molecule has 0 aliphatic carbocycles.